The summed E-state index contributed by atoms with van der Waals surface area (Å²) in [5.41, 5.74) is 0.668. The lowest BCUT2D eigenvalue weighted by molar-refractivity contribution is 0.508. The largest absolute Gasteiger partial charge is 0.314 e. The summed E-state index contributed by atoms with van der Waals surface area (Å²) in [6, 6.07) is 3.85. The molecule has 0 saturated carbocycles. The molecule has 0 aliphatic rings. The summed E-state index contributed by atoms with van der Waals surface area (Å²) >= 11 is 0. The second-order valence-electron chi connectivity index (χ2n) is 2.88. The van der Waals surface area contributed by atoms with E-state index in [2.05, 4.69) is 5.32 Å². The normalized spacial score (nSPS) is 11.1. The Morgan fingerprint density at radius 1 is 1.29 bits per heavy atom. The highest BCUT2D eigenvalue weighted by atomic mass is 19.2. The van der Waals surface area contributed by atoms with E-state index in [4.69, 9.17) is 0 Å². The lowest BCUT2D eigenvalue weighted by atomic mass is 10.2. The average molecular weight is 197 g/mol. The molecule has 3 heteroatoms. The fourth-order valence-electron chi connectivity index (χ4n) is 1.04. The van der Waals surface area contributed by atoms with Gasteiger partial charge in [0, 0.05) is 6.54 Å². The van der Waals surface area contributed by atoms with Crippen molar-refractivity contribution in [2.24, 2.45) is 0 Å². The number of rotatable bonds is 4. The van der Waals surface area contributed by atoms with Gasteiger partial charge in [0.05, 0.1) is 0 Å². The van der Waals surface area contributed by atoms with E-state index in [1.54, 1.807) is 12.1 Å². The van der Waals surface area contributed by atoms with Crippen LogP contribution in [0.15, 0.2) is 24.3 Å². The number of hydrogen-bond donors (Lipinski definition) is 1. The molecule has 14 heavy (non-hydrogen) atoms. The Balaban J connectivity index is 2.59. The first-order chi connectivity index (χ1) is 6.74. The Morgan fingerprint density at radius 2 is 2.07 bits per heavy atom. The molecule has 0 spiro atoms. The van der Waals surface area contributed by atoms with Crippen LogP contribution in [-0.2, 0) is 0 Å². The van der Waals surface area contributed by atoms with Gasteiger partial charge in [-0.25, -0.2) is 8.78 Å². The molecule has 1 N–H and O–H groups in total. The number of halogens is 2. The van der Waals surface area contributed by atoms with Crippen LogP contribution in [0.1, 0.15) is 12.5 Å². The molecular weight excluding hydrogens is 184 g/mol. The van der Waals surface area contributed by atoms with Crippen LogP contribution < -0.4 is 5.32 Å². The fraction of sp³-hybridized carbons (Fsp3) is 0.273. The zero-order valence-corrected chi connectivity index (χ0v) is 8.06. The molecule has 0 fully saturated rings. The second kappa shape index (κ2) is 5.50. The highest BCUT2D eigenvalue weighted by molar-refractivity contribution is 5.49. The summed E-state index contributed by atoms with van der Waals surface area (Å²) in [5.74, 6) is -1.62. The van der Waals surface area contributed by atoms with Crippen molar-refractivity contribution in [3.05, 3.63) is 41.5 Å². The van der Waals surface area contributed by atoms with E-state index in [1.165, 1.54) is 6.07 Å². The van der Waals surface area contributed by atoms with E-state index < -0.39 is 11.6 Å². The molecule has 0 aliphatic carbocycles. The van der Waals surface area contributed by atoms with Gasteiger partial charge in [-0.1, -0.05) is 25.1 Å². The van der Waals surface area contributed by atoms with Gasteiger partial charge in [-0.3, -0.25) is 0 Å². The molecule has 0 radical (unpaired) electrons. The van der Waals surface area contributed by atoms with E-state index in [-0.39, 0.29) is 0 Å². The lowest BCUT2D eigenvalue weighted by Crippen LogP contribution is -2.11. The Morgan fingerprint density at radius 3 is 2.71 bits per heavy atom. The van der Waals surface area contributed by atoms with Gasteiger partial charge in [-0.05, 0) is 24.2 Å². The van der Waals surface area contributed by atoms with Crippen LogP contribution in [-0.4, -0.2) is 13.1 Å². The highest BCUT2D eigenvalue weighted by Crippen LogP contribution is 2.09. The van der Waals surface area contributed by atoms with Crippen molar-refractivity contribution in [1.29, 1.82) is 0 Å². The van der Waals surface area contributed by atoms with Crippen LogP contribution in [0.3, 0.4) is 0 Å². The molecule has 1 aromatic rings. The first kappa shape index (κ1) is 10.9. The summed E-state index contributed by atoms with van der Waals surface area (Å²) < 4.78 is 25.3. The van der Waals surface area contributed by atoms with E-state index in [1.807, 2.05) is 13.0 Å². The van der Waals surface area contributed by atoms with Gasteiger partial charge in [-0.15, -0.1) is 0 Å². The van der Waals surface area contributed by atoms with Crippen LogP contribution in [0.5, 0.6) is 0 Å². The summed E-state index contributed by atoms with van der Waals surface area (Å²) in [7, 11) is 0. The third kappa shape index (κ3) is 3.26. The zero-order valence-electron chi connectivity index (χ0n) is 8.06. The molecule has 0 aliphatic heterocycles. The van der Waals surface area contributed by atoms with Gasteiger partial charge in [0.1, 0.15) is 0 Å². The van der Waals surface area contributed by atoms with Crippen molar-refractivity contribution in [2.45, 2.75) is 6.92 Å². The van der Waals surface area contributed by atoms with Crippen molar-refractivity contribution in [1.82, 2.24) is 5.32 Å². The summed E-state index contributed by atoms with van der Waals surface area (Å²) in [5, 5.41) is 3.09. The molecule has 0 atom stereocenters. The zero-order chi connectivity index (χ0) is 10.4. The predicted octanol–water partition coefficient (Wildman–Crippen LogP) is 2.59. The molecule has 1 rings (SSSR count). The minimum atomic E-state index is -0.811. The summed E-state index contributed by atoms with van der Waals surface area (Å²) in [4.78, 5) is 0. The standard InChI is InChI=1S/C11H13F2N/c1-2-14-7-3-4-9-5-6-10(12)11(13)8-9/h3-6,8,14H,2,7H2,1H3. The Labute approximate surface area is 82.4 Å². The van der Waals surface area contributed by atoms with Crippen LogP contribution >= 0.6 is 0 Å². The van der Waals surface area contributed by atoms with Gasteiger partial charge < -0.3 is 5.32 Å². The minimum Gasteiger partial charge on any atom is -0.314 e. The van der Waals surface area contributed by atoms with Gasteiger partial charge in [0.15, 0.2) is 11.6 Å². The molecule has 0 aromatic heterocycles. The molecule has 1 aromatic carbocycles. The fourth-order valence-corrected chi connectivity index (χ4v) is 1.04. The molecule has 0 saturated heterocycles. The second-order valence-corrected chi connectivity index (χ2v) is 2.88. The molecule has 0 bridgehead atoms. The number of hydrogen-bond acceptors (Lipinski definition) is 1. The van der Waals surface area contributed by atoms with E-state index in [9.17, 15) is 8.78 Å². The van der Waals surface area contributed by atoms with Crippen LogP contribution in [0.25, 0.3) is 6.08 Å². The molecule has 76 valence electrons. The van der Waals surface area contributed by atoms with Crippen LogP contribution in [0.2, 0.25) is 0 Å². The Hall–Kier alpha value is -1.22. The maximum absolute atomic E-state index is 12.7. The molecule has 0 heterocycles. The van der Waals surface area contributed by atoms with Gasteiger partial charge in [0.25, 0.3) is 0 Å². The molecule has 1 nitrogen and oxygen atoms in total. The smallest absolute Gasteiger partial charge is 0.159 e. The Bertz CT molecular complexity index is 321. The number of benzene rings is 1. The number of nitrogens with one attached hydrogen (secondary N) is 1. The summed E-state index contributed by atoms with van der Waals surface area (Å²) in [6.45, 7) is 3.63. The third-order valence-corrected chi connectivity index (χ3v) is 1.77. The SMILES string of the molecule is CCNCC=Cc1ccc(F)c(F)c1. The van der Waals surface area contributed by atoms with Crippen molar-refractivity contribution in [2.75, 3.05) is 13.1 Å². The van der Waals surface area contributed by atoms with Gasteiger partial charge in [-0.2, -0.15) is 0 Å². The third-order valence-electron chi connectivity index (χ3n) is 1.77. The molecular formula is C11H13F2N. The Kier molecular flexibility index (Phi) is 4.26. The minimum absolute atomic E-state index is 0.668. The highest BCUT2D eigenvalue weighted by Gasteiger charge is 1.99. The predicted molar refractivity (Wildman–Crippen MR) is 53.9 cm³/mol. The van der Waals surface area contributed by atoms with E-state index in [0.717, 1.165) is 19.2 Å². The van der Waals surface area contributed by atoms with E-state index in [0.29, 0.717) is 5.56 Å². The molecule has 0 unspecified atom stereocenters. The maximum Gasteiger partial charge on any atom is 0.159 e. The van der Waals surface area contributed by atoms with Crippen molar-refractivity contribution in [3.8, 4) is 0 Å². The topological polar surface area (TPSA) is 12.0 Å². The van der Waals surface area contributed by atoms with Crippen LogP contribution in [0, 0.1) is 11.6 Å². The monoisotopic (exact) mass is 197 g/mol. The maximum atomic E-state index is 12.7. The van der Waals surface area contributed by atoms with Crippen molar-refractivity contribution < 1.29 is 8.78 Å². The van der Waals surface area contributed by atoms with Crippen LogP contribution in [0.4, 0.5) is 8.78 Å². The molecule has 0 amide bonds. The van der Waals surface area contributed by atoms with Crippen molar-refractivity contribution in [3.63, 3.8) is 0 Å². The lowest BCUT2D eigenvalue weighted by Gasteiger charge is -1.96. The first-order valence-corrected chi connectivity index (χ1v) is 4.56. The average Bonchev–Trinajstić information content (AvgIpc) is 2.18. The first-order valence-electron chi connectivity index (χ1n) is 4.56. The van der Waals surface area contributed by atoms with Gasteiger partial charge >= 0.3 is 0 Å². The van der Waals surface area contributed by atoms with Crippen molar-refractivity contribution >= 4 is 6.08 Å². The summed E-state index contributed by atoms with van der Waals surface area (Å²) in [6.07, 6.45) is 3.63. The quantitative estimate of drug-likeness (QED) is 0.731. The van der Waals surface area contributed by atoms with E-state index >= 15 is 0 Å². The number of likely N-dealkylation sites (N-methyl/N-ethyl adjacent to an activating group) is 1. The van der Waals surface area contributed by atoms with Gasteiger partial charge in [0.2, 0.25) is 0 Å².